The summed E-state index contributed by atoms with van der Waals surface area (Å²) in [5, 5.41) is 31.1. The van der Waals surface area contributed by atoms with Gasteiger partial charge in [0.15, 0.2) is 6.04 Å². The van der Waals surface area contributed by atoms with E-state index in [-0.39, 0.29) is 25.0 Å². The Morgan fingerprint density at radius 2 is 0.906 bits per heavy atom. The number of benzene rings is 5. The maximum absolute atomic E-state index is 12.4. The summed E-state index contributed by atoms with van der Waals surface area (Å²) >= 11 is 0. The van der Waals surface area contributed by atoms with Crippen molar-refractivity contribution >= 4 is 41.3 Å². The SMILES string of the molecule is CN(C(=O)C(CO)NC(=O)OCc1ccccc1)c1ccccc1.COCC(C)C(=O)N(C)c1ccccc1.NCc1ccccc1.O=C(NC(CO)C(=O)O)OCc1ccccc1. The van der Waals surface area contributed by atoms with Gasteiger partial charge < -0.3 is 55.7 Å². The molecule has 5 aromatic carbocycles. The molecule has 0 aliphatic heterocycles. The minimum absolute atomic E-state index is 0.0461. The van der Waals surface area contributed by atoms with Gasteiger partial charge in [-0.25, -0.2) is 14.4 Å². The predicted molar refractivity (Wildman–Crippen MR) is 244 cm³/mol. The molecule has 3 unspecified atom stereocenters. The van der Waals surface area contributed by atoms with Crippen LogP contribution in [0, 0.1) is 5.92 Å². The van der Waals surface area contributed by atoms with Crippen molar-refractivity contribution < 1.29 is 53.5 Å². The number of nitrogens with one attached hydrogen (secondary N) is 2. The average Bonchev–Trinajstić information content (AvgIpc) is 3.34. The number of methoxy groups -OCH3 is 1. The first-order valence-electron chi connectivity index (χ1n) is 20.1. The minimum atomic E-state index is -1.35. The normalized spacial score (nSPS) is 11.4. The molecule has 0 aromatic heterocycles. The van der Waals surface area contributed by atoms with Crippen LogP contribution >= 0.6 is 0 Å². The Balaban J connectivity index is 0.000000311. The lowest BCUT2D eigenvalue weighted by atomic mass is 10.1. The van der Waals surface area contributed by atoms with Crippen molar-refractivity contribution in [3.05, 3.63) is 168 Å². The second-order valence-electron chi connectivity index (χ2n) is 13.7. The summed E-state index contributed by atoms with van der Waals surface area (Å²) in [5.41, 5.74) is 9.74. The van der Waals surface area contributed by atoms with Crippen molar-refractivity contribution in [2.45, 2.75) is 38.8 Å². The van der Waals surface area contributed by atoms with Gasteiger partial charge in [0.05, 0.1) is 25.7 Å². The summed E-state index contributed by atoms with van der Waals surface area (Å²) in [6, 6.07) is 44.3. The van der Waals surface area contributed by atoms with Gasteiger partial charge in [-0.05, 0) is 41.0 Å². The van der Waals surface area contributed by atoms with Crippen molar-refractivity contribution in [1.29, 1.82) is 0 Å². The predicted octanol–water partition coefficient (Wildman–Crippen LogP) is 5.37. The number of aliphatic hydroxyl groups is 2. The molecule has 0 saturated carbocycles. The number of alkyl carbamates (subject to hydrolysis) is 2. The lowest BCUT2D eigenvalue weighted by molar-refractivity contribution is -0.140. The zero-order chi connectivity index (χ0) is 47.1. The number of ether oxygens (including phenoxy) is 3. The first-order chi connectivity index (χ1) is 30.8. The van der Waals surface area contributed by atoms with Crippen LogP contribution in [-0.2, 0) is 48.4 Å². The highest BCUT2D eigenvalue weighted by Gasteiger charge is 2.25. The Morgan fingerprint density at radius 3 is 1.23 bits per heavy atom. The number of para-hydroxylation sites is 2. The molecule has 7 N–H and O–H groups in total. The molecule has 0 spiro atoms. The van der Waals surface area contributed by atoms with E-state index in [4.69, 9.17) is 30.2 Å². The third-order valence-electron chi connectivity index (χ3n) is 8.84. The molecule has 0 aliphatic rings. The monoisotopic (exact) mass is 881 g/mol. The summed E-state index contributed by atoms with van der Waals surface area (Å²) in [5.74, 6) is -1.78. The molecular weight excluding hydrogens is 823 g/mol. The Morgan fingerprint density at radius 1 is 0.562 bits per heavy atom. The van der Waals surface area contributed by atoms with Gasteiger partial charge in [0.2, 0.25) is 5.91 Å². The number of carbonyl (C=O) groups excluding carboxylic acids is 4. The summed E-state index contributed by atoms with van der Waals surface area (Å²) in [7, 11) is 4.97. The van der Waals surface area contributed by atoms with Crippen molar-refractivity contribution in [3.63, 3.8) is 0 Å². The number of likely N-dealkylation sites (N-methyl/N-ethyl adjacent to an activating group) is 1. The maximum atomic E-state index is 12.4. The van der Waals surface area contributed by atoms with Gasteiger partial charge >= 0.3 is 18.2 Å². The number of aliphatic carboxylic acids is 1. The number of carboxylic acid groups (broad SMARTS) is 1. The van der Waals surface area contributed by atoms with E-state index >= 15 is 0 Å². The molecular formula is C48H59N5O11. The number of aliphatic hydroxyl groups excluding tert-OH is 2. The molecule has 64 heavy (non-hydrogen) atoms. The van der Waals surface area contributed by atoms with Gasteiger partial charge in [-0.15, -0.1) is 0 Å². The number of carbonyl (C=O) groups is 5. The number of nitrogens with zero attached hydrogens (tertiary/aromatic N) is 2. The van der Waals surface area contributed by atoms with Gasteiger partial charge in [0.1, 0.15) is 19.3 Å². The molecule has 342 valence electrons. The largest absolute Gasteiger partial charge is 0.480 e. The van der Waals surface area contributed by atoms with Gasteiger partial charge in [0, 0.05) is 39.1 Å². The number of hydrogen-bond acceptors (Lipinski definition) is 11. The van der Waals surface area contributed by atoms with Crippen LogP contribution in [-0.4, -0.2) is 98.4 Å². The fraction of sp³-hybridized carbons (Fsp3) is 0.271. The highest BCUT2D eigenvalue weighted by atomic mass is 16.6. The minimum Gasteiger partial charge on any atom is -0.480 e. The van der Waals surface area contributed by atoms with Crippen LogP contribution < -0.4 is 26.2 Å². The van der Waals surface area contributed by atoms with Gasteiger partial charge in [-0.1, -0.05) is 134 Å². The Hall–Kier alpha value is -7.11. The third kappa shape index (κ3) is 20.6. The Labute approximate surface area is 374 Å². The molecule has 0 bridgehead atoms. The van der Waals surface area contributed by atoms with Crippen molar-refractivity contribution in [3.8, 4) is 0 Å². The third-order valence-corrected chi connectivity index (χ3v) is 8.84. The molecule has 3 atom stereocenters. The lowest BCUT2D eigenvalue weighted by Crippen LogP contribution is -2.49. The van der Waals surface area contributed by atoms with E-state index in [0.717, 1.165) is 16.8 Å². The zero-order valence-corrected chi connectivity index (χ0v) is 36.5. The van der Waals surface area contributed by atoms with Crippen LogP contribution in [0.1, 0.15) is 23.6 Å². The molecule has 16 heteroatoms. The number of hydrogen-bond donors (Lipinski definition) is 6. The molecule has 5 aromatic rings. The topological polar surface area (TPSA) is 230 Å². The maximum Gasteiger partial charge on any atom is 0.408 e. The Kier molecular flexibility index (Phi) is 25.6. The van der Waals surface area contributed by atoms with Gasteiger partial charge in [-0.2, -0.15) is 0 Å². The zero-order valence-electron chi connectivity index (χ0n) is 36.5. The molecule has 0 heterocycles. The molecule has 5 rings (SSSR count). The Bertz CT molecular complexity index is 2070. The molecule has 4 amide bonds. The van der Waals surface area contributed by atoms with E-state index in [1.54, 1.807) is 74.6 Å². The fourth-order valence-corrected chi connectivity index (χ4v) is 5.24. The van der Waals surface area contributed by atoms with E-state index in [1.807, 2.05) is 115 Å². The van der Waals surface area contributed by atoms with E-state index in [1.165, 1.54) is 10.5 Å². The van der Waals surface area contributed by atoms with E-state index in [2.05, 4.69) is 5.32 Å². The van der Waals surface area contributed by atoms with Gasteiger partial charge in [-0.3, -0.25) is 9.59 Å². The molecule has 16 nitrogen and oxygen atoms in total. The van der Waals surface area contributed by atoms with Crippen LogP contribution in [0.25, 0.3) is 0 Å². The number of amides is 4. The van der Waals surface area contributed by atoms with Crippen LogP contribution in [0.5, 0.6) is 0 Å². The molecule has 0 fully saturated rings. The number of anilines is 2. The lowest BCUT2D eigenvalue weighted by Gasteiger charge is -2.23. The summed E-state index contributed by atoms with van der Waals surface area (Å²) in [4.78, 5) is 60.8. The highest BCUT2D eigenvalue weighted by molar-refractivity contribution is 5.98. The van der Waals surface area contributed by atoms with Crippen molar-refractivity contribution in [1.82, 2.24) is 10.6 Å². The fourth-order valence-electron chi connectivity index (χ4n) is 5.24. The number of nitrogens with two attached hydrogens (primary N) is 1. The van der Waals surface area contributed by atoms with Crippen LogP contribution in [0.15, 0.2) is 152 Å². The number of rotatable bonds is 16. The van der Waals surface area contributed by atoms with E-state index < -0.39 is 49.4 Å². The summed E-state index contributed by atoms with van der Waals surface area (Å²) < 4.78 is 14.8. The molecule has 0 radical (unpaired) electrons. The van der Waals surface area contributed by atoms with Crippen LogP contribution in [0.4, 0.5) is 21.0 Å². The molecule has 0 aliphatic carbocycles. The van der Waals surface area contributed by atoms with Crippen LogP contribution in [0.3, 0.4) is 0 Å². The first kappa shape index (κ1) is 53.0. The van der Waals surface area contributed by atoms with Crippen LogP contribution in [0.2, 0.25) is 0 Å². The second kappa shape index (κ2) is 30.8. The average molecular weight is 882 g/mol. The quantitative estimate of drug-likeness (QED) is 0.0735. The summed E-state index contributed by atoms with van der Waals surface area (Å²) in [6.45, 7) is 1.90. The number of carboxylic acids is 1. The highest BCUT2D eigenvalue weighted by Crippen LogP contribution is 2.15. The van der Waals surface area contributed by atoms with Crippen molar-refractivity contribution in [2.24, 2.45) is 11.7 Å². The van der Waals surface area contributed by atoms with Crippen molar-refractivity contribution in [2.75, 3.05) is 50.8 Å². The van der Waals surface area contributed by atoms with E-state index in [0.29, 0.717) is 18.8 Å². The standard InChI is InChI=1S/C18H20N2O4.C12H17NO2.C11H13NO5.C7H9N/c1-20(15-10-6-3-7-11-15)17(22)16(12-21)19-18(23)24-13-14-8-4-2-5-9-14;1-10(9-15-3)12(14)13(2)11-7-5-4-6-8-11;13-6-9(10(14)15)12-11(16)17-7-8-4-2-1-3-5-8;8-6-7-4-2-1-3-5-7/h2-11,16,21H,12-13H2,1H3,(H,19,23);4-8,10H,9H2,1-3H3;1-5,9,13H,6-7H2,(H,12,16)(H,14,15);1-5H,6,8H2. The first-order valence-corrected chi connectivity index (χ1v) is 20.1. The second-order valence-corrected chi connectivity index (χ2v) is 13.7. The molecule has 0 saturated heterocycles. The smallest absolute Gasteiger partial charge is 0.408 e. The van der Waals surface area contributed by atoms with Gasteiger partial charge in [0.25, 0.3) is 5.91 Å². The van der Waals surface area contributed by atoms with E-state index in [9.17, 15) is 29.1 Å². The summed E-state index contributed by atoms with van der Waals surface area (Å²) in [6.07, 6.45) is -1.64.